The largest absolute Gasteiger partial charge is 0.573 e. The van der Waals surface area contributed by atoms with Gasteiger partial charge in [0.2, 0.25) is 5.95 Å². The molecule has 1 aliphatic heterocycles. The summed E-state index contributed by atoms with van der Waals surface area (Å²) in [7, 11) is 0. The highest BCUT2D eigenvalue weighted by atomic mass is 19.4. The number of nitrogens with one attached hydrogen (secondary N) is 1. The third kappa shape index (κ3) is 6.33. The second kappa shape index (κ2) is 9.70. The first-order valence-corrected chi connectivity index (χ1v) is 12.0. The van der Waals surface area contributed by atoms with Crippen molar-refractivity contribution in [3.63, 3.8) is 0 Å². The van der Waals surface area contributed by atoms with E-state index in [9.17, 15) is 18.0 Å². The van der Waals surface area contributed by atoms with Crippen LogP contribution < -0.4 is 14.8 Å². The van der Waals surface area contributed by atoms with E-state index in [1.807, 2.05) is 34.6 Å². The van der Waals surface area contributed by atoms with Crippen molar-refractivity contribution in [2.45, 2.75) is 71.5 Å². The van der Waals surface area contributed by atoms with Gasteiger partial charge in [-0.1, -0.05) is 0 Å². The van der Waals surface area contributed by atoms with Gasteiger partial charge in [-0.2, -0.15) is 4.98 Å². The van der Waals surface area contributed by atoms with E-state index in [1.165, 1.54) is 24.3 Å². The molecule has 198 valence electrons. The predicted octanol–water partition coefficient (Wildman–Crippen LogP) is 5.61. The highest BCUT2D eigenvalue weighted by Gasteiger charge is 2.44. The first-order valence-electron chi connectivity index (χ1n) is 12.0. The number of ether oxygens (including phenoxy) is 3. The highest BCUT2D eigenvalue weighted by molar-refractivity contribution is 5.68. The number of carbonyl (C=O) groups excluding carboxylic acids is 1. The molecular weight excluding hydrogens is 479 g/mol. The fourth-order valence-corrected chi connectivity index (χ4v) is 4.67. The number of halogens is 3. The quantitative estimate of drug-likeness (QED) is 0.539. The number of anilines is 1. The van der Waals surface area contributed by atoms with E-state index in [0.717, 1.165) is 12.8 Å². The van der Waals surface area contributed by atoms with Crippen molar-refractivity contribution in [2.75, 3.05) is 18.4 Å². The average Bonchev–Trinajstić information content (AvgIpc) is 3.23. The first kappa shape index (κ1) is 25.9. The molecule has 1 saturated heterocycles. The number of hydrogen-bond acceptors (Lipinski definition) is 7. The third-order valence-corrected chi connectivity index (χ3v) is 6.14. The van der Waals surface area contributed by atoms with E-state index in [0.29, 0.717) is 24.8 Å². The summed E-state index contributed by atoms with van der Waals surface area (Å²) in [5, 5.41) is 8.00. The van der Waals surface area contributed by atoms with Crippen LogP contribution in [0.25, 0.3) is 0 Å². The Bertz CT molecular complexity index is 1050. The lowest BCUT2D eigenvalue weighted by molar-refractivity contribution is -0.274. The number of benzene rings is 1. The van der Waals surface area contributed by atoms with Gasteiger partial charge < -0.3 is 24.4 Å². The number of fused-ring (bicyclic) bond motifs is 2. The summed E-state index contributed by atoms with van der Waals surface area (Å²) in [6.45, 7) is 10.6. The van der Waals surface area contributed by atoms with Crippen LogP contribution in [0.15, 0.2) is 24.3 Å². The molecule has 1 saturated carbocycles. The number of carbonyl (C=O) groups is 1. The summed E-state index contributed by atoms with van der Waals surface area (Å²) >= 11 is 0. The summed E-state index contributed by atoms with van der Waals surface area (Å²) in [6.07, 6.45) is -3.07. The van der Waals surface area contributed by atoms with Gasteiger partial charge in [-0.05, 0) is 83.6 Å². The zero-order chi connectivity index (χ0) is 26.3. The van der Waals surface area contributed by atoms with E-state index in [2.05, 4.69) is 20.1 Å². The highest BCUT2D eigenvalue weighted by Crippen LogP contribution is 2.39. The zero-order valence-electron chi connectivity index (χ0n) is 21.0. The Morgan fingerprint density at radius 3 is 2.17 bits per heavy atom. The van der Waals surface area contributed by atoms with Gasteiger partial charge in [0.05, 0.1) is 6.04 Å². The third-order valence-electron chi connectivity index (χ3n) is 6.14. The molecule has 2 aromatic rings. The number of nitrogens with zero attached hydrogens (tertiary/aromatic N) is 4. The molecule has 4 rings (SSSR count). The summed E-state index contributed by atoms with van der Waals surface area (Å²) in [4.78, 5) is 18.8. The normalized spacial score (nSPS) is 22.0. The molecule has 0 radical (unpaired) electrons. The molecule has 1 amide bonds. The van der Waals surface area contributed by atoms with E-state index in [4.69, 9.17) is 9.47 Å². The maximum atomic E-state index is 12.6. The maximum absolute atomic E-state index is 12.6. The Kier molecular flexibility index (Phi) is 6.98. The minimum absolute atomic E-state index is 0.0679. The second-order valence-electron chi connectivity index (χ2n) is 10.5. The molecule has 2 aliphatic rings. The zero-order valence-corrected chi connectivity index (χ0v) is 21.0. The van der Waals surface area contributed by atoms with Gasteiger partial charge in [0, 0.05) is 19.1 Å². The molecule has 2 bridgehead atoms. The topological polar surface area (TPSA) is 90.7 Å². The van der Waals surface area contributed by atoms with Crippen molar-refractivity contribution < 1.29 is 32.2 Å². The second-order valence-corrected chi connectivity index (χ2v) is 10.5. The summed E-state index contributed by atoms with van der Waals surface area (Å²) in [5.74, 6) is 0.857. The molecule has 12 heteroatoms. The lowest BCUT2D eigenvalue weighted by Gasteiger charge is -2.38. The van der Waals surface area contributed by atoms with Crippen LogP contribution in [-0.2, 0) is 4.74 Å². The summed E-state index contributed by atoms with van der Waals surface area (Å²) in [6, 6.07) is 5.36. The lowest BCUT2D eigenvalue weighted by Crippen LogP contribution is -2.51. The van der Waals surface area contributed by atoms with Gasteiger partial charge in [-0.25, -0.2) is 9.48 Å². The number of likely N-dealkylation sites (tertiary alicyclic amines) is 1. The van der Waals surface area contributed by atoms with Crippen LogP contribution in [0.4, 0.5) is 23.9 Å². The fourth-order valence-electron chi connectivity index (χ4n) is 4.67. The molecule has 1 N–H and O–H groups in total. The Balaban J connectivity index is 1.43. The Morgan fingerprint density at radius 1 is 1.06 bits per heavy atom. The molecule has 9 nitrogen and oxygen atoms in total. The van der Waals surface area contributed by atoms with Crippen LogP contribution >= 0.6 is 0 Å². The van der Waals surface area contributed by atoms with E-state index in [1.54, 1.807) is 9.58 Å². The van der Waals surface area contributed by atoms with Gasteiger partial charge in [0.25, 0.3) is 0 Å². The standard InChI is InChI=1S/C24H32F3N5O4/c1-14(2)32-21(34-17-8-10-18(11-9-17)35-24(25,26)27)29-20(30-32)28-19-15-6-7-16(19)13-31(12-15)22(33)36-23(3,4)5/h8-11,14-16,19H,6-7,12-13H2,1-5H3,(H,28,30)/t15-,16+,19-. The molecule has 36 heavy (non-hydrogen) atoms. The van der Waals surface area contributed by atoms with Gasteiger partial charge in [0.1, 0.15) is 17.1 Å². The molecule has 2 heterocycles. The van der Waals surface area contributed by atoms with Crippen molar-refractivity contribution in [2.24, 2.45) is 11.8 Å². The van der Waals surface area contributed by atoms with Crippen molar-refractivity contribution in [1.82, 2.24) is 19.7 Å². The van der Waals surface area contributed by atoms with Gasteiger partial charge in [-0.15, -0.1) is 18.3 Å². The molecule has 0 spiro atoms. The van der Waals surface area contributed by atoms with Crippen LogP contribution in [0, 0.1) is 11.8 Å². The lowest BCUT2D eigenvalue weighted by atomic mass is 9.92. The number of amides is 1. The molecule has 1 aliphatic carbocycles. The Morgan fingerprint density at radius 2 is 1.64 bits per heavy atom. The number of alkyl halides is 3. The minimum atomic E-state index is -4.76. The van der Waals surface area contributed by atoms with Crippen LogP contribution in [0.2, 0.25) is 0 Å². The maximum Gasteiger partial charge on any atom is 0.573 e. The number of piperidine rings is 1. The molecule has 0 unspecified atom stereocenters. The van der Waals surface area contributed by atoms with Crippen molar-refractivity contribution in [3.05, 3.63) is 24.3 Å². The molecule has 2 fully saturated rings. The molecule has 1 aromatic carbocycles. The molecule has 3 atom stereocenters. The van der Waals surface area contributed by atoms with Gasteiger partial charge >= 0.3 is 18.5 Å². The van der Waals surface area contributed by atoms with Gasteiger partial charge in [-0.3, -0.25) is 0 Å². The van der Waals surface area contributed by atoms with Crippen LogP contribution in [0.1, 0.15) is 53.5 Å². The van der Waals surface area contributed by atoms with Crippen LogP contribution in [-0.4, -0.2) is 56.9 Å². The van der Waals surface area contributed by atoms with Crippen molar-refractivity contribution in [3.8, 4) is 17.5 Å². The molecule has 1 aromatic heterocycles. The number of rotatable bonds is 6. The van der Waals surface area contributed by atoms with Crippen LogP contribution in [0.3, 0.4) is 0 Å². The predicted molar refractivity (Wildman–Crippen MR) is 125 cm³/mol. The van der Waals surface area contributed by atoms with E-state index < -0.39 is 12.0 Å². The SMILES string of the molecule is CC(C)n1nc(N[C@@H]2[C@@H]3CC[C@H]2CN(C(=O)OC(C)(C)C)C3)nc1Oc1ccc(OC(F)(F)F)cc1. The Hall–Kier alpha value is -3.18. The number of hydrogen-bond donors (Lipinski definition) is 1. The van der Waals surface area contributed by atoms with E-state index >= 15 is 0 Å². The monoisotopic (exact) mass is 511 g/mol. The average molecular weight is 512 g/mol. The van der Waals surface area contributed by atoms with Crippen molar-refractivity contribution >= 4 is 12.0 Å². The molecular formula is C24H32F3N5O4. The van der Waals surface area contributed by atoms with E-state index in [-0.39, 0.29) is 41.8 Å². The summed E-state index contributed by atoms with van der Waals surface area (Å²) < 4.78 is 54.1. The van der Waals surface area contributed by atoms with Crippen LogP contribution in [0.5, 0.6) is 17.5 Å². The van der Waals surface area contributed by atoms with Crippen molar-refractivity contribution in [1.29, 1.82) is 0 Å². The minimum Gasteiger partial charge on any atom is -0.444 e. The number of aromatic nitrogens is 3. The fraction of sp³-hybridized carbons (Fsp3) is 0.625. The smallest absolute Gasteiger partial charge is 0.444 e. The van der Waals surface area contributed by atoms with Gasteiger partial charge in [0.15, 0.2) is 0 Å². The Labute approximate surface area is 207 Å². The first-order chi connectivity index (χ1) is 16.8. The summed E-state index contributed by atoms with van der Waals surface area (Å²) in [5.41, 5.74) is -0.541.